The summed E-state index contributed by atoms with van der Waals surface area (Å²) in [4.78, 5) is 24.0. The van der Waals surface area contributed by atoms with Crippen molar-refractivity contribution in [2.45, 2.75) is 31.7 Å². The molecule has 1 aromatic heterocycles. The van der Waals surface area contributed by atoms with Crippen LogP contribution in [-0.4, -0.2) is 35.0 Å². The van der Waals surface area contributed by atoms with Gasteiger partial charge in [0.2, 0.25) is 5.91 Å². The predicted octanol–water partition coefficient (Wildman–Crippen LogP) is 3.16. The lowest BCUT2D eigenvalue weighted by atomic mass is 10.2. The van der Waals surface area contributed by atoms with Gasteiger partial charge in [-0.2, -0.15) is 11.8 Å². The largest absolute Gasteiger partial charge is 0.480 e. The third kappa shape index (κ3) is 6.76. The molecule has 0 saturated carbocycles. The number of aliphatic carboxylic acids is 1. The van der Waals surface area contributed by atoms with Gasteiger partial charge in [-0.3, -0.25) is 4.79 Å². The van der Waals surface area contributed by atoms with Gasteiger partial charge in [-0.15, -0.1) is 11.3 Å². The number of aryl methyl sites for hydroxylation is 1. The third-order valence-electron chi connectivity index (χ3n) is 2.70. The molecular formula is C13H18BrNO3S2. The number of carboxylic acids is 1. The second-order valence-electron chi connectivity index (χ2n) is 4.30. The standard InChI is InChI=1S/C13H18BrNO3S2/c1-19-8-7-10(13(17)18)15-12(16)4-2-3-9-5-6-11(14)20-9/h5-6,10H,2-4,7-8H2,1H3,(H,15,16)(H,17,18)/t10-/m0/s1. The molecule has 20 heavy (non-hydrogen) atoms. The lowest BCUT2D eigenvalue weighted by Crippen LogP contribution is -2.41. The maximum absolute atomic E-state index is 11.7. The smallest absolute Gasteiger partial charge is 0.326 e. The Bertz CT molecular complexity index is 451. The van der Waals surface area contributed by atoms with E-state index >= 15 is 0 Å². The number of hydrogen-bond acceptors (Lipinski definition) is 4. The Hall–Kier alpha value is -0.530. The van der Waals surface area contributed by atoms with Crippen molar-refractivity contribution in [1.82, 2.24) is 5.32 Å². The Labute approximate surface area is 135 Å². The van der Waals surface area contributed by atoms with Crippen LogP contribution in [0.15, 0.2) is 15.9 Å². The first-order valence-corrected chi connectivity index (χ1v) is 9.28. The fourth-order valence-electron chi connectivity index (χ4n) is 1.67. The van der Waals surface area contributed by atoms with Crippen LogP contribution in [0.3, 0.4) is 0 Å². The molecule has 1 rings (SSSR count). The Morgan fingerprint density at radius 3 is 2.80 bits per heavy atom. The van der Waals surface area contributed by atoms with E-state index in [0.717, 1.165) is 22.4 Å². The number of carbonyl (C=O) groups is 2. The number of rotatable bonds is 9. The summed E-state index contributed by atoms with van der Waals surface area (Å²) in [6, 6.07) is 3.25. The first-order chi connectivity index (χ1) is 9.52. The maximum Gasteiger partial charge on any atom is 0.326 e. The van der Waals surface area contributed by atoms with Gasteiger partial charge in [0.05, 0.1) is 3.79 Å². The molecule has 2 N–H and O–H groups in total. The molecule has 0 fully saturated rings. The minimum absolute atomic E-state index is 0.186. The van der Waals surface area contributed by atoms with E-state index in [9.17, 15) is 9.59 Å². The molecule has 7 heteroatoms. The summed E-state index contributed by atoms with van der Waals surface area (Å²) < 4.78 is 1.08. The summed E-state index contributed by atoms with van der Waals surface area (Å²) in [6.45, 7) is 0. The predicted molar refractivity (Wildman–Crippen MR) is 87.5 cm³/mol. The Morgan fingerprint density at radius 1 is 1.50 bits per heavy atom. The number of hydrogen-bond donors (Lipinski definition) is 2. The molecule has 0 aliphatic rings. The van der Waals surface area contributed by atoms with Crippen molar-refractivity contribution < 1.29 is 14.7 Å². The zero-order chi connectivity index (χ0) is 15.0. The highest BCUT2D eigenvalue weighted by molar-refractivity contribution is 9.11. The molecule has 0 unspecified atom stereocenters. The van der Waals surface area contributed by atoms with Gasteiger partial charge >= 0.3 is 5.97 Å². The van der Waals surface area contributed by atoms with Crippen LogP contribution >= 0.6 is 39.0 Å². The molecule has 0 radical (unpaired) electrons. The van der Waals surface area contributed by atoms with Crippen LogP contribution in [0.5, 0.6) is 0 Å². The van der Waals surface area contributed by atoms with Crippen molar-refractivity contribution in [3.63, 3.8) is 0 Å². The van der Waals surface area contributed by atoms with E-state index in [0.29, 0.717) is 12.8 Å². The molecule has 1 atom stereocenters. The van der Waals surface area contributed by atoms with Crippen molar-refractivity contribution in [3.05, 3.63) is 20.8 Å². The van der Waals surface area contributed by atoms with Crippen LogP contribution in [0.4, 0.5) is 0 Å². The number of carboxylic acid groups (broad SMARTS) is 1. The molecule has 0 aliphatic heterocycles. The summed E-state index contributed by atoms with van der Waals surface area (Å²) >= 11 is 6.63. The lowest BCUT2D eigenvalue weighted by molar-refractivity contribution is -0.141. The van der Waals surface area contributed by atoms with Crippen molar-refractivity contribution in [2.75, 3.05) is 12.0 Å². The highest BCUT2D eigenvalue weighted by Gasteiger charge is 2.18. The summed E-state index contributed by atoms with van der Waals surface area (Å²) in [5.41, 5.74) is 0. The summed E-state index contributed by atoms with van der Waals surface area (Å²) in [7, 11) is 0. The summed E-state index contributed by atoms with van der Waals surface area (Å²) in [6.07, 6.45) is 4.30. The van der Waals surface area contributed by atoms with Crippen molar-refractivity contribution in [3.8, 4) is 0 Å². The zero-order valence-electron chi connectivity index (χ0n) is 11.2. The molecule has 1 amide bonds. The Morgan fingerprint density at radius 2 is 2.25 bits per heavy atom. The lowest BCUT2D eigenvalue weighted by Gasteiger charge is -2.13. The normalized spacial score (nSPS) is 12.1. The van der Waals surface area contributed by atoms with E-state index in [2.05, 4.69) is 21.2 Å². The average molecular weight is 380 g/mol. The molecule has 112 valence electrons. The topological polar surface area (TPSA) is 66.4 Å². The van der Waals surface area contributed by atoms with Gasteiger partial charge in [0, 0.05) is 11.3 Å². The van der Waals surface area contributed by atoms with Crippen LogP contribution < -0.4 is 5.32 Å². The van der Waals surface area contributed by atoms with Gasteiger partial charge in [-0.1, -0.05) is 0 Å². The molecule has 4 nitrogen and oxygen atoms in total. The van der Waals surface area contributed by atoms with E-state index < -0.39 is 12.0 Å². The van der Waals surface area contributed by atoms with Crippen LogP contribution in [0.1, 0.15) is 24.1 Å². The van der Waals surface area contributed by atoms with Gasteiger partial charge in [0.15, 0.2) is 0 Å². The van der Waals surface area contributed by atoms with E-state index in [-0.39, 0.29) is 5.91 Å². The SMILES string of the molecule is CSCC[C@H](NC(=O)CCCc1ccc(Br)s1)C(=O)O. The average Bonchev–Trinajstić information content (AvgIpc) is 2.80. The summed E-state index contributed by atoms with van der Waals surface area (Å²) in [5.74, 6) is -0.427. The monoisotopic (exact) mass is 379 g/mol. The maximum atomic E-state index is 11.7. The fourth-order valence-corrected chi connectivity index (χ4v) is 3.67. The second-order valence-corrected chi connectivity index (χ2v) is 7.83. The van der Waals surface area contributed by atoms with Gasteiger partial charge in [-0.05, 0) is 59.3 Å². The molecule has 1 aromatic rings. The number of thiophene rings is 1. The molecule has 0 saturated heterocycles. The molecular weight excluding hydrogens is 362 g/mol. The van der Waals surface area contributed by atoms with Crippen molar-refractivity contribution in [1.29, 1.82) is 0 Å². The second kappa shape index (κ2) is 9.41. The number of amides is 1. The fraction of sp³-hybridized carbons (Fsp3) is 0.538. The van der Waals surface area contributed by atoms with Crippen LogP contribution in [0.2, 0.25) is 0 Å². The van der Waals surface area contributed by atoms with Gasteiger partial charge in [0.25, 0.3) is 0 Å². The Kier molecular flexibility index (Phi) is 8.25. The van der Waals surface area contributed by atoms with E-state index in [1.54, 1.807) is 23.1 Å². The molecule has 0 aliphatic carbocycles. The Balaban J connectivity index is 2.28. The molecule has 0 bridgehead atoms. The van der Waals surface area contributed by atoms with E-state index in [4.69, 9.17) is 5.11 Å². The van der Waals surface area contributed by atoms with E-state index in [1.165, 1.54) is 4.88 Å². The quantitative estimate of drug-likeness (QED) is 0.691. The van der Waals surface area contributed by atoms with Crippen molar-refractivity contribution in [2.24, 2.45) is 0 Å². The minimum Gasteiger partial charge on any atom is -0.480 e. The van der Waals surface area contributed by atoms with Crippen LogP contribution in [0.25, 0.3) is 0 Å². The number of nitrogens with one attached hydrogen (secondary N) is 1. The number of halogens is 1. The van der Waals surface area contributed by atoms with Gasteiger partial charge < -0.3 is 10.4 Å². The van der Waals surface area contributed by atoms with Crippen molar-refractivity contribution >= 4 is 50.9 Å². The first kappa shape index (κ1) is 17.5. The van der Waals surface area contributed by atoms with Gasteiger partial charge in [-0.25, -0.2) is 4.79 Å². The number of carbonyl (C=O) groups excluding carboxylic acids is 1. The number of thioether (sulfide) groups is 1. The van der Waals surface area contributed by atoms with Gasteiger partial charge in [0.1, 0.15) is 6.04 Å². The minimum atomic E-state index is -0.963. The van der Waals surface area contributed by atoms with Crippen LogP contribution in [-0.2, 0) is 16.0 Å². The van der Waals surface area contributed by atoms with E-state index in [1.807, 2.05) is 18.4 Å². The summed E-state index contributed by atoms with van der Waals surface area (Å²) in [5, 5.41) is 11.6. The molecule has 0 aromatic carbocycles. The zero-order valence-corrected chi connectivity index (χ0v) is 14.4. The third-order valence-corrected chi connectivity index (χ3v) is 5.03. The van der Waals surface area contributed by atoms with Crippen LogP contribution in [0, 0.1) is 0 Å². The highest BCUT2D eigenvalue weighted by Crippen LogP contribution is 2.23. The molecule has 1 heterocycles. The first-order valence-electron chi connectivity index (χ1n) is 6.28. The highest BCUT2D eigenvalue weighted by atomic mass is 79.9. The molecule has 0 spiro atoms.